The molecule has 2 rings (SSSR count). The van der Waals surface area contributed by atoms with Crippen LogP contribution in [0.2, 0.25) is 0 Å². The summed E-state index contributed by atoms with van der Waals surface area (Å²) in [6.45, 7) is 0. The highest BCUT2D eigenvalue weighted by molar-refractivity contribution is 7.86. The highest BCUT2D eigenvalue weighted by Gasteiger charge is 2.18. The quantitative estimate of drug-likeness (QED) is 0.690. The maximum atomic E-state index is 11.0. The molecule has 1 heterocycles. The number of hydrogen-bond acceptors (Lipinski definition) is 4. The predicted octanol–water partition coefficient (Wildman–Crippen LogP) is 0.751. The minimum Gasteiger partial charge on any atom is -0.497 e. The van der Waals surface area contributed by atoms with Gasteiger partial charge in [0.05, 0.1) is 13.3 Å². The highest BCUT2D eigenvalue weighted by Crippen LogP contribution is 2.27. The number of fused-ring (bicyclic) bond motifs is 1. The minimum absolute atomic E-state index is 0.236. The molecule has 0 bridgehead atoms. The summed E-state index contributed by atoms with van der Waals surface area (Å²) in [5.41, 5.74) is 0.612. The maximum Gasteiger partial charge on any atom is 0.428 e. The maximum absolute atomic E-state index is 11.0. The lowest BCUT2D eigenvalue weighted by Crippen LogP contribution is -2.12. The van der Waals surface area contributed by atoms with Gasteiger partial charge in [-0.15, -0.1) is 4.40 Å². The lowest BCUT2D eigenvalue weighted by Gasteiger charge is -2.11. The van der Waals surface area contributed by atoms with Crippen molar-refractivity contribution in [2.24, 2.45) is 4.40 Å². The van der Waals surface area contributed by atoms with Crippen molar-refractivity contribution in [1.29, 1.82) is 0 Å². The largest absolute Gasteiger partial charge is 0.497 e. The van der Waals surface area contributed by atoms with Gasteiger partial charge in [0.15, 0.2) is 5.75 Å². The second kappa shape index (κ2) is 2.98. The number of rotatable bonds is 1. The molecule has 0 aromatic heterocycles. The van der Waals surface area contributed by atoms with Crippen molar-refractivity contribution in [2.45, 2.75) is 0 Å². The van der Waals surface area contributed by atoms with E-state index in [0.717, 1.165) is 0 Å². The van der Waals surface area contributed by atoms with Crippen LogP contribution in [0.5, 0.6) is 11.5 Å². The van der Waals surface area contributed by atoms with Gasteiger partial charge >= 0.3 is 10.3 Å². The fourth-order valence-corrected chi connectivity index (χ4v) is 1.73. The standard InChI is InChI=1S/C8H7NO4S/c1-12-7-3-2-6-5-9-14(10,11)13-8(6)4-7/h2-5H,1H3. The first-order valence-corrected chi connectivity index (χ1v) is 5.15. The highest BCUT2D eigenvalue weighted by atomic mass is 32.2. The Balaban J connectivity index is 2.53. The Morgan fingerprint density at radius 1 is 1.43 bits per heavy atom. The van der Waals surface area contributed by atoms with Gasteiger partial charge in [-0.25, -0.2) is 0 Å². The first-order chi connectivity index (χ1) is 6.61. The zero-order valence-electron chi connectivity index (χ0n) is 7.30. The Morgan fingerprint density at radius 2 is 2.21 bits per heavy atom. The lowest BCUT2D eigenvalue weighted by molar-refractivity contribution is 0.411. The van der Waals surface area contributed by atoms with E-state index < -0.39 is 10.3 Å². The fraction of sp³-hybridized carbons (Fsp3) is 0.125. The molecule has 14 heavy (non-hydrogen) atoms. The molecule has 1 aromatic rings. The van der Waals surface area contributed by atoms with Gasteiger partial charge in [0.1, 0.15) is 5.75 Å². The second-order valence-corrected chi connectivity index (χ2v) is 3.88. The van der Waals surface area contributed by atoms with Crippen molar-refractivity contribution in [3.63, 3.8) is 0 Å². The van der Waals surface area contributed by atoms with E-state index in [0.29, 0.717) is 11.3 Å². The monoisotopic (exact) mass is 213 g/mol. The molecule has 0 aliphatic carbocycles. The molecule has 1 aromatic carbocycles. The lowest BCUT2D eigenvalue weighted by atomic mass is 10.2. The van der Waals surface area contributed by atoms with Gasteiger partial charge in [0, 0.05) is 11.6 Å². The van der Waals surface area contributed by atoms with Crippen LogP contribution in [0.25, 0.3) is 0 Å². The Hall–Kier alpha value is -1.56. The van der Waals surface area contributed by atoms with E-state index in [-0.39, 0.29) is 5.75 Å². The molecule has 0 atom stereocenters. The van der Waals surface area contributed by atoms with Crippen molar-refractivity contribution in [1.82, 2.24) is 0 Å². The van der Waals surface area contributed by atoms with Crippen LogP contribution in [0.3, 0.4) is 0 Å². The van der Waals surface area contributed by atoms with E-state index in [9.17, 15) is 8.42 Å². The summed E-state index contributed by atoms with van der Waals surface area (Å²) in [4.78, 5) is 0. The smallest absolute Gasteiger partial charge is 0.428 e. The van der Waals surface area contributed by atoms with Crippen molar-refractivity contribution >= 4 is 16.5 Å². The van der Waals surface area contributed by atoms with E-state index in [4.69, 9.17) is 4.74 Å². The van der Waals surface area contributed by atoms with E-state index in [1.54, 1.807) is 12.1 Å². The van der Waals surface area contributed by atoms with Crippen LogP contribution < -0.4 is 8.92 Å². The van der Waals surface area contributed by atoms with E-state index in [2.05, 4.69) is 8.58 Å². The first kappa shape index (κ1) is 9.01. The third-order valence-corrected chi connectivity index (χ3v) is 2.49. The number of hydrogen-bond donors (Lipinski definition) is 0. The first-order valence-electron chi connectivity index (χ1n) is 3.78. The third-order valence-electron chi connectivity index (χ3n) is 1.74. The molecular formula is C8H7NO4S. The minimum atomic E-state index is -3.81. The van der Waals surface area contributed by atoms with Gasteiger partial charge in [-0.2, -0.15) is 8.42 Å². The fourth-order valence-electron chi connectivity index (χ4n) is 1.08. The molecule has 0 amide bonds. The van der Waals surface area contributed by atoms with Crippen molar-refractivity contribution in [2.75, 3.05) is 7.11 Å². The molecule has 1 aliphatic heterocycles. The molecule has 0 saturated heterocycles. The molecule has 0 saturated carbocycles. The SMILES string of the molecule is COc1ccc2c(c1)OS(=O)(=O)N=C2. The van der Waals surface area contributed by atoms with Crippen LogP contribution in [0, 0.1) is 0 Å². The van der Waals surface area contributed by atoms with E-state index in [1.165, 1.54) is 19.4 Å². The predicted molar refractivity (Wildman–Crippen MR) is 50.1 cm³/mol. The molecule has 0 unspecified atom stereocenters. The summed E-state index contributed by atoms with van der Waals surface area (Å²) >= 11 is 0. The van der Waals surface area contributed by atoms with Gasteiger partial charge in [-0.3, -0.25) is 0 Å². The number of nitrogens with zero attached hydrogens (tertiary/aromatic N) is 1. The Kier molecular flexibility index (Phi) is 1.92. The van der Waals surface area contributed by atoms with Gasteiger partial charge in [-0.05, 0) is 12.1 Å². The molecule has 74 valence electrons. The van der Waals surface area contributed by atoms with E-state index in [1.807, 2.05) is 0 Å². The molecule has 0 N–H and O–H groups in total. The average Bonchev–Trinajstić information content (AvgIpc) is 2.15. The zero-order chi connectivity index (χ0) is 10.2. The van der Waals surface area contributed by atoms with Crippen molar-refractivity contribution < 1.29 is 17.3 Å². The van der Waals surface area contributed by atoms with Crippen LogP contribution in [-0.2, 0) is 10.3 Å². The molecule has 6 heteroatoms. The van der Waals surface area contributed by atoms with E-state index >= 15 is 0 Å². The second-order valence-electron chi connectivity index (χ2n) is 2.65. The van der Waals surface area contributed by atoms with Crippen molar-refractivity contribution in [3.05, 3.63) is 23.8 Å². The van der Waals surface area contributed by atoms with Gasteiger partial charge in [0.25, 0.3) is 0 Å². The Morgan fingerprint density at radius 3 is 2.93 bits per heavy atom. The Labute approximate surface area is 81.2 Å². The van der Waals surface area contributed by atoms with Crippen molar-refractivity contribution in [3.8, 4) is 11.5 Å². The number of methoxy groups -OCH3 is 1. The molecule has 5 nitrogen and oxygen atoms in total. The summed E-state index contributed by atoms with van der Waals surface area (Å²) in [5.74, 6) is 0.772. The summed E-state index contributed by atoms with van der Waals surface area (Å²) in [5, 5.41) is 0. The zero-order valence-corrected chi connectivity index (χ0v) is 8.11. The molecule has 1 aliphatic rings. The number of ether oxygens (including phenoxy) is 1. The molecule has 0 fully saturated rings. The van der Waals surface area contributed by atoms with Crippen LogP contribution in [0.15, 0.2) is 22.6 Å². The normalized spacial score (nSPS) is 16.9. The van der Waals surface area contributed by atoms with Gasteiger partial charge < -0.3 is 8.92 Å². The Bertz CT molecular complexity index is 492. The summed E-state index contributed by atoms with van der Waals surface area (Å²) in [6, 6.07) is 4.87. The van der Waals surface area contributed by atoms with Gasteiger partial charge in [0.2, 0.25) is 0 Å². The average molecular weight is 213 g/mol. The number of benzene rings is 1. The summed E-state index contributed by atoms with van der Waals surface area (Å²) in [6.07, 6.45) is 1.24. The van der Waals surface area contributed by atoms with Crippen LogP contribution in [-0.4, -0.2) is 21.7 Å². The molecule has 0 radical (unpaired) electrons. The van der Waals surface area contributed by atoms with Gasteiger partial charge in [-0.1, -0.05) is 0 Å². The summed E-state index contributed by atoms with van der Waals surface area (Å²) < 4.78 is 34.7. The topological polar surface area (TPSA) is 65.0 Å². The van der Waals surface area contributed by atoms with Crippen LogP contribution >= 0.6 is 0 Å². The van der Waals surface area contributed by atoms with Crippen LogP contribution in [0.1, 0.15) is 5.56 Å². The molecule has 0 spiro atoms. The summed E-state index contributed by atoms with van der Waals surface area (Å²) in [7, 11) is -2.31. The van der Waals surface area contributed by atoms with Crippen LogP contribution in [0.4, 0.5) is 0 Å². The molecular weight excluding hydrogens is 206 g/mol. The third kappa shape index (κ3) is 1.56.